The number of hydrogen-bond donors (Lipinski definition) is 0. The molecule has 0 spiro atoms. The van der Waals surface area contributed by atoms with Gasteiger partial charge in [0, 0.05) is 18.0 Å². The van der Waals surface area contributed by atoms with Crippen LogP contribution < -0.4 is 0 Å². The summed E-state index contributed by atoms with van der Waals surface area (Å²) < 4.78 is 2.36. The fraction of sp³-hybridized carbons (Fsp3) is 0.208. The second-order valence-corrected chi connectivity index (χ2v) is 7.59. The molecule has 4 aromatic rings. The molecule has 27 heavy (non-hydrogen) atoms. The first-order valence-corrected chi connectivity index (χ1v) is 9.73. The van der Waals surface area contributed by atoms with Gasteiger partial charge in [0.2, 0.25) is 0 Å². The van der Waals surface area contributed by atoms with Crippen molar-refractivity contribution in [2.75, 3.05) is 0 Å². The summed E-state index contributed by atoms with van der Waals surface area (Å²) in [6.07, 6.45) is 1.91. The van der Waals surface area contributed by atoms with Gasteiger partial charge in [-0.15, -0.1) is 0 Å². The van der Waals surface area contributed by atoms with Gasteiger partial charge in [-0.2, -0.15) is 0 Å². The second kappa shape index (κ2) is 7.58. The van der Waals surface area contributed by atoms with Crippen LogP contribution in [0, 0.1) is 13.8 Å². The summed E-state index contributed by atoms with van der Waals surface area (Å²) in [5, 5.41) is 0.769. The summed E-state index contributed by atoms with van der Waals surface area (Å²) >= 11 is 6.06. The lowest BCUT2D eigenvalue weighted by molar-refractivity contribution is 0.730. The molecule has 1 aromatic heterocycles. The van der Waals surface area contributed by atoms with Gasteiger partial charge in [-0.05, 0) is 66.8 Å². The molecule has 0 aliphatic rings. The maximum atomic E-state index is 6.06. The van der Waals surface area contributed by atoms with Gasteiger partial charge in [0.1, 0.15) is 5.82 Å². The summed E-state index contributed by atoms with van der Waals surface area (Å²) in [5.74, 6) is 1.13. The highest BCUT2D eigenvalue weighted by molar-refractivity contribution is 6.30. The van der Waals surface area contributed by atoms with Crippen molar-refractivity contribution in [1.29, 1.82) is 0 Å². The minimum absolute atomic E-state index is 0.769. The Balaban J connectivity index is 1.72. The largest absolute Gasteiger partial charge is 0.323 e. The lowest BCUT2D eigenvalue weighted by Gasteiger charge is -2.11. The molecule has 0 radical (unpaired) electrons. The van der Waals surface area contributed by atoms with Crippen LogP contribution >= 0.6 is 11.6 Å². The van der Waals surface area contributed by atoms with Crippen LogP contribution in [0.1, 0.15) is 28.1 Å². The molecule has 0 fully saturated rings. The zero-order valence-electron chi connectivity index (χ0n) is 15.7. The van der Waals surface area contributed by atoms with Crippen molar-refractivity contribution < 1.29 is 0 Å². The van der Waals surface area contributed by atoms with Gasteiger partial charge < -0.3 is 4.57 Å². The molecule has 0 saturated carbocycles. The average molecular weight is 375 g/mol. The number of aromatic nitrogens is 2. The first kappa shape index (κ1) is 17.8. The van der Waals surface area contributed by atoms with Crippen LogP contribution in [0.3, 0.4) is 0 Å². The van der Waals surface area contributed by atoms with E-state index < -0.39 is 0 Å². The number of benzene rings is 3. The van der Waals surface area contributed by atoms with E-state index in [1.807, 2.05) is 12.1 Å². The molecule has 3 aromatic carbocycles. The molecular formula is C24H23ClN2. The smallest absolute Gasteiger partial charge is 0.110 e. The third kappa shape index (κ3) is 3.91. The standard InChI is InChI=1S/C24H23ClN2/c1-17-14-22-23(15-18(17)2)27(16-20-8-11-21(25)12-9-20)24(26-22)13-10-19-6-4-3-5-7-19/h3-9,11-12,14-15H,10,13,16H2,1-2H3. The molecule has 0 aliphatic carbocycles. The van der Waals surface area contributed by atoms with Crippen molar-refractivity contribution in [1.82, 2.24) is 9.55 Å². The van der Waals surface area contributed by atoms with E-state index >= 15 is 0 Å². The summed E-state index contributed by atoms with van der Waals surface area (Å²) in [7, 11) is 0. The van der Waals surface area contributed by atoms with Crippen LogP contribution in [0.4, 0.5) is 0 Å². The van der Waals surface area contributed by atoms with E-state index in [0.717, 1.165) is 35.8 Å². The van der Waals surface area contributed by atoms with Crippen molar-refractivity contribution in [3.8, 4) is 0 Å². The third-order valence-corrected chi connectivity index (χ3v) is 5.43. The number of aryl methyl sites for hydroxylation is 4. The predicted molar refractivity (Wildman–Crippen MR) is 114 cm³/mol. The Bertz CT molecular complexity index is 1060. The Morgan fingerprint density at radius 2 is 1.52 bits per heavy atom. The van der Waals surface area contributed by atoms with Crippen LogP contribution in [-0.4, -0.2) is 9.55 Å². The number of imidazole rings is 1. The minimum Gasteiger partial charge on any atom is -0.323 e. The molecule has 3 heteroatoms. The fourth-order valence-electron chi connectivity index (χ4n) is 3.47. The van der Waals surface area contributed by atoms with E-state index in [9.17, 15) is 0 Å². The zero-order valence-corrected chi connectivity index (χ0v) is 16.5. The van der Waals surface area contributed by atoms with Crippen molar-refractivity contribution in [2.45, 2.75) is 33.2 Å². The maximum absolute atomic E-state index is 6.06. The number of nitrogens with zero attached hydrogens (tertiary/aromatic N) is 2. The molecule has 136 valence electrons. The van der Waals surface area contributed by atoms with Crippen LogP contribution in [0.25, 0.3) is 11.0 Å². The minimum atomic E-state index is 0.769. The molecule has 0 aliphatic heterocycles. The highest BCUT2D eigenvalue weighted by Gasteiger charge is 2.13. The third-order valence-electron chi connectivity index (χ3n) is 5.18. The molecule has 0 unspecified atom stereocenters. The average Bonchev–Trinajstić information content (AvgIpc) is 2.99. The lowest BCUT2D eigenvalue weighted by atomic mass is 10.1. The summed E-state index contributed by atoms with van der Waals surface area (Å²) in [4.78, 5) is 4.98. The molecule has 0 bridgehead atoms. The normalized spacial score (nSPS) is 11.2. The maximum Gasteiger partial charge on any atom is 0.110 e. The molecule has 1 heterocycles. The molecular weight excluding hydrogens is 352 g/mol. The van der Waals surface area contributed by atoms with E-state index in [2.05, 4.69) is 73.0 Å². The van der Waals surface area contributed by atoms with Crippen molar-refractivity contribution >= 4 is 22.6 Å². The van der Waals surface area contributed by atoms with Crippen LogP contribution in [0.15, 0.2) is 66.7 Å². The van der Waals surface area contributed by atoms with Crippen LogP contribution in [0.2, 0.25) is 5.02 Å². The number of halogens is 1. The summed E-state index contributed by atoms with van der Waals surface area (Å²) in [6, 6.07) is 23.2. The van der Waals surface area contributed by atoms with Crippen LogP contribution in [-0.2, 0) is 19.4 Å². The quantitative estimate of drug-likeness (QED) is 0.410. The molecule has 4 rings (SSSR count). The topological polar surface area (TPSA) is 17.8 Å². The van der Waals surface area contributed by atoms with E-state index in [4.69, 9.17) is 16.6 Å². The molecule has 2 nitrogen and oxygen atoms in total. The van der Waals surface area contributed by atoms with Crippen molar-refractivity contribution in [2.24, 2.45) is 0 Å². The van der Waals surface area contributed by atoms with Gasteiger partial charge in [0.15, 0.2) is 0 Å². The molecule has 0 atom stereocenters. The van der Waals surface area contributed by atoms with E-state index in [1.165, 1.54) is 27.8 Å². The number of rotatable bonds is 5. The summed E-state index contributed by atoms with van der Waals surface area (Å²) in [6.45, 7) is 5.12. The zero-order chi connectivity index (χ0) is 18.8. The van der Waals surface area contributed by atoms with Gasteiger partial charge in [-0.1, -0.05) is 54.1 Å². The van der Waals surface area contributed by atoms with E-state index in [0.29, 0.717) is 0 Å². The number of fused-ring (bicyclic) bond motifs is 1. The predicted octanol–water partition coefficient (Wildman–Crippen LogP) is 6.14. The van der Waals surface area contributed by atoms with Crippen molar-refractivity contribution in [3.63, 3.8) is 0 Å². The molecule has 0 amide bonds. The van der Waals surface area contributed by atoms with Crippen LogP contribution in [0.5, 0.6) is 0 Å². The van der Waals surface area contributed by atoms with Gasteiger partial charge in [-0.25, -0.2) is 4.98 Å². The number of hydrogen-bond acceptors (Lipinski definition) is 1. The van der Waals surface area contributed by atoms with Crippen molar-refractivity contribution in [3.05, 3.63) is 99.8 Å². The Hall–Kier alpha value is -2.58. The Kier molecular flexibility index (Phi) is 5.00. The highest BCUT2D eigenvalue weighted by atomic mass is 35.5. The fourth-order valence-corrected chi connectivity index (χ4v) is 3.60. The van der Waals surface area contributed by atoms with E-state index in [-0.39, 0.29) is 0 Å². The highest BCUT2D eigenvalue weighted by Crippen LogP contribution is 2.23. The van der Waals surface area contributed by atoms with Gasteiger partial charge >= 0.3 is 0 Å². The molecule has 0 saturated heterocycles. The first-order chi connectivity index (χ1) is 13.1. The first-order valence-electron chi connectivity index (χ1n) is 9.35. The Morgan fingerprint density at radius 3 is 2.26 bits per heavy atom. The molecule has 0 N–H and O–H groups in total. The second-order valence-electron chi connectivity index (χ2n) is 7.15. The Labute approximate surface area is 165 Å². The monoisotopic (exact) mass is 374 g/mol. The van der Waals surface area contributed by atoms with E-state index in [1.54, 1.807) is 0 Å². The van der Waals surface area contributed by atoms with Gasteiger partial charge in [0.25, 0.3) is 0 Å². The SMILES string of the molecule is Cc1cc2nc(CCc3ccccc3)n(Cc3ccc(Cl)cc3)c2cc1C. The van der Waals surface area contributed by atoms with Gasteiger partial charge in [0.05, 0.1) is 11.0 Å². The Morgan fingerprint density at radius 1 is 0.815 bits per heavy atom. The lowest BCUT2D eigenvalue weighted by Crippen LogP contribution is -2.06. The summed E-state index contributed by atoms with van der Waals surface area (Å²) in [5.41, 5.74) is 7.45. The van der Waals surface area contributed by atoms with Gasteiger partial charge in [-0.3, -0.25) is 0 Å².